The average Bonchev–Trinajstić information content (AvgIpc) is 2.77. The molecule has 3 aromatic rings. The first-order valence-electron chi connectivity index (χ1n) is 6.11. The first kappa shape index (κ1) is 13.9. The molecule has 0 aliphatic carbocycles. The van der Waals surface area contributed by atoms with Crippen LogP contribution in [0.1, 0.15) is 0 Å². The van der Waals surface area contributed by atoms with Crippen molar-refractivity contribution >= 4 is 40.3 Å². The molecule has 0 saturated carbocycles. The number of pyridine rings is 1. The second kappa shape index (κ2) is 5.35. The Hall–Kier alpha value is -2.11. The zero-order valence-corrected chi connectivity index (χ0v) is 12.3. The predicted octanol–water partition coefficient (Wildman–Crippen LogP) is 2.89. The van der Waals surface area contributed by atoms with Crippen molar-refractivity contribution in [1.82, 2.24) is 14.5 Å². The van der Waals surface area contributed by atoms with Gasteiger partial charge in [0.2, 0.25) is 5.91 Å². The van der Waals surface area contributed by atoms with Crippen LogP contribution in [0.4, 0.5) is 0 Å². The number of carbonyl (C=O) groups excluding carboxylic acids is 1. The highest BCUT2D eigenvalue weighted by molar-refractivity contribution is 6.30. The Kier molecular flexibility index (Phi) is 3.53. The number of halogens is 2. The number of hydrogen-bond donors (Lipinski definition) is 1. The van der Waals surface area contributed by atoms with Gasteiger partial charge in [0.25, 0.3) is 0 Å². The van der Waals surface area contributed by atoms with Crippen molar-refractivity contribution in [3.63, 3.8) is 0 Å². The average molecular weight is 321 g/mol. The third-order valence-electron chi connectivity index (χ3n) is 2.97. The Morgan fingerprint density at radius 3 is 2.48 bits per heavy atom. The number of nitrogens with two attached hydrogens (primary N) is 1. The highest BCUT2D eigenvalue weighted by Crippen LogP contribution is 2.25. The summed E-state index contributed by atoms with van der Waals surface area (Å²) >= 11 is 11.8. The van der Waals surface area contributed by atoms with Crippen LogP contribution in [0.2, 0.25) is 10.2 Å². The van der Waals surface area contributed by atoms with E-state index in [0.29, 0.717) is 27.2 Å². The number of primary amides is 1. The summed E-state index contributed by atoms with van der Waals surface area (Å²) in [5.74, 6) is 0.113. The van der Waals surface area contributed by atoms with Gasteiger partial charge in [0.15, 0.2) is 5.65 Å². The molecule has 0 fully saturated rings. The summed E-state index contributed by atoms with van der Waals surface area (Å²) in [5, 5.41) is 0.952. The van der Waals surface area contributed by atoms with E-state index in [-0.39, 0.29) is 6.54 Å². The van der Waals surface area contributed by atoms with Gasteiger partial charge in [0, 0.05) is 10.6 Å². The number of imidazole rings is 1. The Morgan fingerprint density at radius 2 is 1.81 bits per heavy atom. The molecule has 0 aliphatic rings. The van der Waals surface area contributed by atoms with E-state index in [4.69, 9.17) is 28.9 Å². The first-order valence-corrected chi connectivity index (χ1v) is 6.87. The summed E-state index contributed by atoms with van der Waals surface area (Å²) in [4.78, 5) is 20.0. The van der Waals surface area contributed by atoms with E-state index in [1.54, 1.807) is 28.8 Å². The quantitative estimate of drug-likeness (QED) is 0.754. The van der Waals surface area contributed by atoms with E-state index in [1.165, 1.54) is 0 Å². The van der Waals surface area contributed by atoms with Gasteiger partial charge >= 0.3 is 0 Å². The Bertz CT molecular complexity index is 827. The molecule has 106 valence electrons. The molecule has 7 heteroatoms. The molecule has 3 rings (SSSR count). The largest absolute Gasteiger partial charge is 0.368 e. The standard InChI is InChI=1S/C14H10Cl2N4O/c15-9-3-1-8(2-4-9)13-18-10-5-6-11(16)19-14(10)20(13)7-12(17)21/h1-6H,7H2,(H2,17,21). The van der Waals surface area contributed by atoms with Crippen molar-refractivity contribution in [3.8, 4) is 11.4 Å². The number of rotatable bonds is 3. The van der Waals surface area contributed by atoms with E-state index in [0.717, 1.165) is 5.56 Å². The molecule has 21 heavy (non-hydrogen) atoms. The molecule has 0 bridgehead atoms. The van der Waals surface area contributed by atoms with Crippen molar-refractivity contribution in [2.75, 3.05) is 0 Å². The van der Waals surface area contributed by atoms with Crippen LogP contribution in [0, 0.1) is 0 Å². The van der Waals surface area contributed by atoms with Crippen LogP contribution in [-0.2, 0) is 11.3 Å². The lowest BCUT2D eigenvalue weighted by molar-refractivity contribution is -0.118. The molecule has 0 aliphatic heterocycles. The maximum Gasteiger partial charge on any atom is 0.237 e. The second-order valence-electron chi connectivity index (χ2n) is 4.47. The minimum atomic E-state index is -0.480. The molecule has 0 atom stereocenters. The first-order chi connectivity index (χ1) is 10.0. The number of aromatic nitrogens is 3. The summed E-state index contributed by atoms with van der Waals surface area (Å²) < 4.78 is 1.65. The van der Waals surface area contributed by atoms with Gasteiger partial charge in [0.05, 0.1) is 0 Å². The normalized spacial score (nSPS) is 11.0. The lowest BCUT2D eigenvalue weighted by Crippen LogP contribution is -2.19. The smallest absolute Gasteiger partial charge is 0.237 e. The molecule has 2 N–H and O–H groups in total. The van der Waals surface area contributed by atoms with Crippen molar-refractivity contribution < 1.29 is 4.79 Å². The molecule has 0 spiro atoms. The van der Waals surface area contributed by atoms with Crippen LogP contribution in [0.15, 0.2) is 36.4 Å². The van der Waals surface area contributed by atoms with E-state index in [1.807, 2.05) is 12.1 Å². The van der Waals surface area contributed by atoms with E-state index in [2.05, 4.69) is 9.97 Å². The van der Waals surface area contributed by atoms with Crippen LogP contribution >= 0.6 is 23.2 Å². The minimum absolute atomic E-state index is 0.0260. The van der Waals surface area contributed by atoms with Gasteiger partial charge in [-0.25, -0.2) is 9.97 Å². The van der Waals surface area contributed by atoms with Gasteiger partial charge in [-0.3, -0.25) is 9.36 Å². The molecule has 0 unspecified atom stereocenters. The lowest BCUT2D eigenvalue weighted by Gasteiger charge is -2.06. The van der Waals surface area contributed by atoms with Gasteiger partial charge in [0.1, 0.15) is 23.0 Å². The Morgan fingerprint density at radius 1 is 1.10 bits per heavy atom. The van der Waals surface area contributed by atoms with Gasteiger partial charge in [-0.1, -0.05) is 23.2 Å². The maximum atomic E-state index is 11.3. The molecule has 1 aromatic carbocycles. The van der Waals surface area contributed by atoms with Gasteiger partial charge in [-0.15, -0.1) is 0 Å². The van der Waals surface area contributed by atoms with Crippen molar-refractivity contribution in [2.45, 2.75) is 6.54 Å². The fraction of sp³-hybridized carbons (Fsp3) is 0.0714. The second-order valence-corrected chi connectivity index (χ2v) is 5.30. The molecule has 0 radical (unpaired) electrons. The zero-order valence-electron chi connectivity index (χ0n) is 10.8. The van der Waals surface area contributed by atoms with Crippen molar-refractivity contribution in [3.05, 3.63) is 46.6 Å². The highest BCUT2D eigenvalue weighted by atomic mass is 35.5. The molecule has 1 amide bonds. The highest BCUT2D eigenvalue weighted by Gasteiger charge is 2.15. The summed E-state index contributed by atoms with van der Waals surface area (Å²) in [6.45, 7) is -0.0260. The molecule has 5 nitrogen and oxygen atoms in total. The summed E-state index contributed by atoms with van der Waals surface area (Å²) in [6.07, 6.45) is 0. The number of benzene rings is 1. The Labute approximate surface area is 130 Å². The van der Waals surface area contributed by atoms with E-state index < -0.39 is 5.91 Å². The number of fused-ring (bicyclic) bond motifs is 1. The van der Waals surface area contributed by atoms with Crippen LogP contribution in [0.25, 0.3) is 22.6 Å². The molecule has 2 heterocycles. The zero-order chi connectivity index (χ0) is 15.0. The lowest BCUT2D eigenvalue weighted by atomic mass is 10.2. The number of amides is 1. The van der Waals surface area contributed by atoms with Crippen LogP contribution < -0.4 is 5.73 Å². The monoisotopic (exact) mass is 320 g/mol. The van der Waals surface area contributed by atoms with E-state index >= 15 is 0 Å². The summed E-state index contributed by atoms with van der Waals surface area (Å²) in [6, 6.07) is 10.6. The number of nitrogens with zero attached hydrogens (tertiary/aromatic N) is 3. The summed E-state index contributed by atoms with van der Waals surface area (Å²) in [7, 11) is 0. The van der Waals surface area contributed by atoms with Gasteiger partial charge in [-0.05, 0) is 36.4 Å². The molecular weight excluding hydrogens is 311 g/mol. The van der Waals surface area contributed by atoms with Gasteiger partial charge < -0.3 is 5.73 Å². The van der Waals surface area contributed by atoms with Crippen molar-refractivity contribution in [2.24, 2.45) is 5.73 Å². The van der Waals surface area contributed by atoms with E-state index in [9.17, 15) is 4.79 Å². The van der Waals surface area contributed by atoms with Crippen molar-refractivity contribution in [1.29, 1.82) is 0 Å². The SMILES string of the molecule is NC(=O)Cn1c(-c2ccc(Cl)cc2)nc2ccc(Cl)nc21. The van der Waals surface area contributed by atoms with Crippen LogP contribution in [0.3, 0.4) is 0 Å². The fourth-order valence-electron chi connectivity index (χ4n) is 2.10. The van der Waals surface area contributed by atoms with Crippen LogP contribution in [0.5, 0.6) is 0 Å². The third kappa shape index (κ3) is 2.70. The molecular formula is C14H10Cl2N4O. The topological polar surface area (TPSA) is 73.8 Å². The van der Waals surface area contributed by atoms with Crippen LogP contribution in [-0.4, -0.2) is 20.4 Å². The van der Waals surface area contributed by atoms with Gasteiger partial charge in [-0.2, -0.15) is 0 Å². The Balaban J connectivity index is 2.25. The molecule has 0 saturated heterocycles. The minimum Gasteiger partial charge on any atom is -0.368 e. The molecule has 2 aromatic heterocycles. The third-order valence-corrected chi connectivity index (χ3v) is 3.44. The fourth-order valence-corrected chi connectivity index (χ4v) is 2.37. The number of carbonyl (C=O) groups is 1. The predicted molar refractivity (Wildman–Crippen MR) is 82.2 cm³/mol. The maximum absolute atomic E-state index is 11.3. The number of hydrogen-bond acceptors (Lipinski definition) is 3. The summed E-state index contributed by atoms with van der Waals surface area (Å²) in [5.41, 5.74) is 7.29.